The Morgan fingerprint density at radius 3 is 2.65 bits per heavy atom. The van der Waals surface area contributed by atoms with Crippen LogP contribution in [-0.4, -0.2) is 37.4 Å². The van der Waals surface area contributed by atoms with Crippen molar-refractivity contribution in [2.45, 2.75) is 50.7 Å². The van der Waals surface area contributed by atoms with Crippen LogP contribution in [-0.2, 0) is 14.3 Å². The fourth-order valence-electron chi connectivity index (χ4n) is 1.81. The Morgan fingerprint density at radius 1 is 1.41 bits per heavy atom. The number of rotatable bonds is 7. The van der Waals surface area contributed by atoms with Crippen molar-refractivity contribution in [2.75, 3.05) is 19.8 Å². The van der Waals surface area contributed by atoms with E-state index < -0.39 is 11.4 Å². The van der Waals surface area contributed by atoms with Crippen LogP contribution in [0.2, 0.25) is 0 Å². The van der Waals surface area contributed by atoms with Crippen LogP contribution in [0.1, 0.15) is 39.0 Å². The van der Waals surface area contributed by atoms with E-state index in [-0.39, 0.29) is 0 Å². The third-order valence-electron chi connectivity index (χ3n) is 3.18. The van der Waals surface area contributed by atoms with Crippen LogP contribution in [0.3, 0.4) is 0 Å². The predicted octanol–water partition coefficient (Wildman–Crippen LogP) is 0.555. The Morgan fingerprint density at radius 2 is 2.06 bits per heavy atom. The maximum Gasteiger partial charge on any atom is 0.237 e. The lowest BCUT2D eigenvalue weighted by molar-refractivity contribution is -0.122. The van der Waals surface area contributed by atoms with Crippen molar-refractivity contribution in [2.24, 2.45) is 11.5 Å². The highest BCUT2D eigenvalue weighted by Gasteiger charge is 2.24. The first kappa shape index (κ1) is 14.4. The van der Waals surface area contributed by atoms with Crippen LogP contribution >= 0.6 is 0 Å². The molecule has 0 saturated carbocycles. The monoisotopic (exact) mass is 244 g/mol. The van der Waals surface area contributed by atoms with Gasteiger partial charge in [0.1, 0.15) is 0 Å². The molecule has 0 aromatic rings. The summed E-state index contributed by atoms with van der Waals surface area (Å²) in [7, 11) is 0. The Kier molecular flexibility index (Phi) is 5.88. The smallest absolute Gasteiger partial charge is 0.237 e. The lowest BCUT2D eigenvalue weighted by Crippen LogP contribution is -2.49. The molecule has 0 aromatic carbocycles. The number of carbonyl (C=O) groups excluding carboxylic acids is 1. The second kappa shape index (κ2) is 6.93. The van der Waals surface area contributed by atoms with E-state index in [9.17, 15) is 4.79 Å². The standard InChI is InChI=1S/C12H24N2O3/c1-12(14,11(13)15)6-2-3-7-17-10-4-8-16-9-5-10/h10H,2-9,14H2,1H3,(H2,13,15). The highest BCUT2D eigenvalue weighted by Crippen LogP contribution is 2.13. The Labute approximate surface area is 103 Å². The number of amides is 1. The van der Waals surface area contributed by atoms with E-state index in [1.165, 1.54) is 0 Å². The highest BCUT2D eigenvalue weighted by molar-refractivity contribution is 5.83. The summed E-state index contributed by atoms with van der Waals surface area (Å²) in [5.74, 6) is -0.442. The van der Waals surface area contributed by atoms with Gasteiger partial charge in [-0.05, 0) is 39.0 Å². The van der Waals surface area contributed by atoms with Crippen molar-refractivity contribution in [1.82, 2.24) is 0 Å². The van der Waals surface area contributed by atoms with E-state index in [1.54, 1.807) is 6.92 Å². The molecule has 1 rings (SSSR count). The average molecular weight is 244 g/mol. The fourth-order valence-corrected chi connectivity index (χ4v) is 1.81. The molecule has 0 radical (unpaired) electrons. The zero-order valence-electron chi connectivity index (χ0n) is 10.6. The number of unbranched alkanes of at least 4 members (excludes halogenated alkanes) is 1. The summed E-state index contributed by atoms with van der Waals surface area (Å²) in [6.45, 7) is 3.99. The Bertz CT molecular complexity index is 238. The van der Waals surface area contributed by atoms with Gasteiger partial charge in [0.2, 0.25) is 5.91 Å². The largest absolute Gasteiger partial charge is 0.381 e. The number of hydrogen-bond acceptors (Lipinski definition) is 4. The molecule has 1 aliphatic heterocycles. The molecule has 1 heterocycles. The summed E-state index contributed by atoms with van der Waals surface area (Å²) in [5.41, 5.74) is 10.1. The summed E-state index contributed by atoms with van der Waals surface area (Å²) in [4.78, 5) is 11.0. The molecule has 0 bridgehead atoms. The van der Waals surface area contributed by atoms with E-state index >= 15 is 0 Å². The summed E-state index contributed by atoms with van der Waals surface area (Å²) in [6.07, 6.45) is 4.69. The summed E-state index contributed by atoms with van der Waals surface area (Å²) >= 11 is 0. The Hall–Kier alpha value is -0.650. The molecule has 1 aliphatic rings. The van der Waals surface area contributed by atoms with Crippen molar-refractivity contribution >= 4 is 5.91 Å². The molecule has 4 N–H and O–H groups in total. The topological polar surface area (TPSA) is 87.6 Å². The van der Waals surface area contributed by atoms with Crippen LogP contribution in [0.15, 0.2) is 0 Å². The van der Waals surface area contributed by atoms with Gasteiger partial charge in [0.25, 0.3) is 0 Å². The van der Waals surface area contributed by atoms with E-state index in [2.05, 4.69) is 0 Å². The first-order valence-electron chi connectivity index (χ1n) is 6.30. The van der Waals surface area contributed by atoms with Crippen LogP contribution in [0, 0.1) is 0 Å². The predicted molar refractivity (Wildman–Crippen MR) is 65.4 cm³/mol. The highest BCUT2D eigenvalue weighted by atomic mass is 16.5. The first-order chi connectivity index (χ1) is 8.02. The molecule has 1 atom stereocenters. The lowest BCUT2D eigenvalue weighted by atomic mass is 9.96. The van der Waals surface area contributed by atoms with Gasteiger partial charge in [-0.2, -0.15) is 0 Å². The maximum atomic E-state index is 11.0. The van der Waals surface area contributed by atoms with Crippen LogP contribution in [0.5, 0.6) is 0 Å². The van der Waals surface area contributed by atoms with Crippen molar-refractivity contribution in [3.8, 4) is 0 Å². The molecule has 1 fully saturated rings. The minimum Gasteiger partial charge on any atom is -0.381 e. The molecule has 1 amide bonds. The summed E-state index contributed by atoms with van der Waals surface area (Å²) in [5, 5.41) is 0. The minimum atomic E-state index is -0.890. The second-order valence-corrected chi connectivity index (χ2v) is 4.92. The van der Waals surface area contributed by atoms with Crippen LogP contribution < -0.4 is 11.5 Å². The summed E-state index contributed by atoms with van der Waals surface area (Å²) in [6, 6.07) is 0. The van der Waals surface area contributed by atoms with Gasteiger partial charge in [0, 0.05) is 19.8 Å². The van der Waals surface area contributed by atoms with Gasteiger partial charge in [0.05, 0.1) is 11.6 Å². The molecule has 17 heavy (non-hydrogen) atoms. The summed E-state index contributed by atoms with van der Waals surface area (Å²) < 4.78 is 11.0. The lowest BCUT2D eigenvalue weighted by Gasteiger charge is -2.23. The molecule has 0 aliphatic carbocycles. The van der Waals surface area contributed by atoms with Crippen molar-refractivity contribution in [1.29, 1.82) is 0 Å². The van der Waals surface area contributed by atoms with Crippen LogP contribution in [0.4, 0.5) is 0 Å². The molecule has 5 heteroatoms. The number of primary amides is 1. The van der Waals surface area contributed by atoms with Gasteiger partial charge >= 0.3 is 0 Å². The molecule has 5 nitrogen and oxygen atoms in total. The van der Waals surface area contributed by atoms with E-state index in [0.717, 1.165) is 45.5 Å². The van der Waals surface area contributed by atoms with Crippen LogP contribution in [0.25, 0.3) is 0 Å². The van der Waals surface area contributed by atoms with Crippen molar-refractivity contribution in [3.63, 3.8) is 0 Å². The number of ether oxygens (including phenoxy) is 2. The Balaban J connectivity index is 2.02. The number of nitrogens with two attached hydrogens (primary N) is 2. The van der Waals surface area contributed by atoms with Gasteiger partial charge in [-0.3, -0.25) is 4.79 Å². The van der Waals surface area contributed by atoms with Gasteiger partial charge in [-0.15, -0.1) is 0 Å². The van der Waals surface area contributed by atoms with Gasteiger partial charge in [0.15, 0.2) is 0 Å². The minimum absolute atomic E-state index is 0.337. The normalized spacial score (nSPS) is 21.1. The van der Waals surface area contributed by atoms with E-state index in [4.69, 9.17) is 20.9 Å². The molecular formula is C12H24N2O3. The zero-order valence-corrected chi connectivity index (χ0v) is 10.6. The van der Waals surface area contributed by atoms with Gasteiger partial charge in [-0.25, -0.2) is 0 Å². The van der Waals surface area contributed by atoms with Crippen molar-refractivity contribution < 1.29 is 14.3 Å². The molecular weight excluding hydrogens is 220 g/mol. The molecule has 1 unspecified atom stereocenters. The molecule has 0 spiro atoms. The number of hydrogen-bond donors (Lipinski definition) is 2. The molecule has 100 valence electrons. The van der Waals surface area contributed by atoms with Gasteiger partial charge in [-0.1, -0.05) is 0 Å². The zero-order chi connectivity index (χ0) is 12.7. The SMILES string of the molecule is CC(N)(CCCCOC1CCOCC1)C(N)=O. The average Bonchev–Trinajstić information content (AvgIpc) is 2.29. The molecule has 0 aromatic heterocycles. The third kappa shape index (κ3) is 5.48. The number of carbonyl (C=O) groups is 1. The molecule has 1 saturated heterocycles. The third-order valence-corrected chi connectivity index (χ3v) is 3.18. The fraction of sp³-hybridized carbons (Fsp3) is 0.917. The maximum absolute atomic E-state index is 11.0. The van der Waals surface area contributed by atoms with Gasteiger partial charge < -0.3 is 20.9 Å². The van der Waals surface area contributed by atoms with Crippen molar-refractivity contribution in [3.05, 3.63) is 0 Å². The first-order valence-corrected chi connectivity index (χ1v) is 6.30. The second-order valence-electron chi connectivity index (χ2n) is 4.92. The van der Waals surface area contributed by atoms with E-state index in [1.807, 2.05) is 0 Å². The van der Waals surface area contributed by atoms with E-state index in [0.29, 0.717) is 12.5 Å². The quantitative estimate of drug-likeness (QED) is 0.640.